The lowest BCUT2D eigenvalue weighted by molar-refractivity contribution is 0.0387. The van der Waals surface area contributed by atoms with Gasteiger partial charge in [-0.1, -0.05) is 30.3 Å². The molecule has 0 heterocycles. The number of aliphatic hydroxyl groups is 1. The van der Waals surface area contributed by atoms with Gasteiger partial charge >= 0.3 is 0 Å². The third-order valence-electron chi connectivity index (χ3n) is 4.12. The van der Waals surface area contributed by atoms with E-state index in [1.165, 1.54) is 17.7 Å². The Morgan fingerprint density at radius 2 is 2.00 bits per heavy atom. The lowest BCUT2D eigenvalue weighted by atomic mass is 9.87. The van der Waals surface area contributed by atoms with Crippen LogP contribution in [0.25, 0.3) is 0 Å². The maximum atomic E-state index is 13.4. The Bertz CT molecular complexity index is 620. The van der Waals surface area contributed by atoms with Crippen LogP contribution in [0.4, 0.5) is 4.39 Å². The summed E-state index contributed by atoms with van der Waals surface area (Å²) in [4.78, 5) is 0. The van der Waals surface area contributed by atoms with Gasteiger partial charge in [0.15, 0.2) is 0 Å². The summed E-state index contributed by atoms with van der Waals surface area (Å²) in [5.74, 6) is -0.240. The molecule has 0 spiro atoms. The van der Waals surface area contributed by atoms with Crippen molar-refractivity contribution in [1.29, 1.82) is 0 Å². The molecule has 2 aromatic rings. The topological polar surface area (TPSA) is 20.2 Å². The monoisotopic (exact) mass is 256 g/mol. The van der Waals surface area contributed by atoms with Crippen LogP contribution in [0.3, 0.4) is 0 Å². The molecule has 0 aromatic heterocycles. The molecule has 3 rings (SSSR count). The predicted molar refractivity (Wildman–Crippen MR) is 73.5 cm³/mol. The van der Waals surface area contributed by atoms with Crippen molar-refractivity contribution < 1.29 is 9.50 Å². The van der Waals surface area contributed by atoms with Crippen LogP contribution in [-0.2, 0) is 18.4 Å². The molecule has 1 N–H and O–H groups in total. The smallest absolute Gasteiger partial charge is 0.123 e. The summed E-state index contributed by atoms with van der Waals surface area (Å²) >= 11 is 0. The van der Waals surface area contributed by atoms with Crippen molar-refractivity contribution in [2.24, 2.45) is 0 Å². The third kappa shape index (κ3) is 2.17. The number of rotatable bonds is 2. The molecule has 0 saturated carbocycles. The molecule has 0 fully saturated rings. The molecule has 0 bridgehead atoms. The summed E-state index contributed by atoms with van der Waals surface area (Å²) in [6.45, 7) is 1.96. The van der Waals surface area contributed by atoms with Gasteiger partial charge in [0.25, 0.3) is 0 Å². The van der Waals surface area contributed by atoms with Crippen molar-refractivity contribution in [1.82, 2.24) is 0 Å². The molecular weight excluding hydrogens is 239 g/mol. The normalized spacial score (nSPS) is 21.4. The number of benzene rings is 2. The highest BCUT2D eigenvalue weighted by molar-refractivity contribution is 5.40. The van der Waals surface area contributed by atoms with Gasteiger partial charge < -0.3 is 5.11 Å². The average molecular weight is 256 g/mol. The van der Waals surface area contributed by atoms with E-state index < -0.39 is 5.60 Å². The SMILES string of the molecule is Cc1ccc(F)cc1CC1(O)CCc2ccccc21. The molecule has 1 atom stereocenters. The highest BCUT2D eigenvalue weighted by atomic mass is 19.1. The van der Waals surface area contributed by atoms with Gasteiger partial charge in [-0.05, 0) is 54.2 Å². The molecule has 1 aliphatic carbocycles. The minimum atomic E-state index is -0.852. The van der Waals surface area contributed by atoms with E-state index in [4.69, 9.17) is 0 Å². The minimum Gasteiger partial charge on any atom is -0.385 e. The van der Waals surface area contributed by atoms with Crippen LogP contribution in [0.5, 0.6) is 0 Å². The molecule has 1 unspecified atom stereocenters. The zero-order chi connectivity index (χ0) is 13.5. The van der Waals surface area contributed by atoms with E-state index in [1.54, 1.807) is 6.07 Å². The Morgan fingerprint density at radius 1 is 1.21 bits per heavy atom. The molecule has 2 aromatic carbocycles. The molecule has 0 saturated heterocycles. The molecule has 0 amide bonds. The Labute approximate surface area is 112 Å². The van der Waals surface area contributed by atoms with E-state index in [2.05, 4.69) is 6.07 Å². The highest BCUT2D eigenvalue weighted by Gasteiger charge is 2.36. The number of hydrogen-bond donors (Lipinski definition) is 1. The Morgan fingerprint density at radius 3 is 2.84 bits per heavy atom. The largest absolute Gasteiger partial charge is 0.385 e. The molecule has 1 nitrogen and oxygen atoms in total. The van der Waals surface area contributed by atoms with E-state index >= 15 is 0 Å². The van der Waals surface area contributed by atoms with Crippen LogP contribution in [0, 0.1) is 12.7 Å². The van der Waals surface area contributed by atoms with Gasteiger partial charge in [0.05, 0.1) is 5.60 Å². The first-order valence-corrected chi connectivity index (χ1v) is 6.64. The Balaban J connectivity index is 1.98. The van der Waals surface area contributed by atoms with Gasteiger partial charge in [0.2, 0.25) is 0 Å². The van der Waals surface area contributed by atoms with Crippen molar-refractivity contribution in [3.63, 3.8) is 0 Å². The van der Waals surface area contributed by atoms with Crippen molar-refractivity contribution in [3.05, 3.63) is 70.5 Å². The van der Waals surface area contributed by atoms with E-state index in [1.807, 2.05) is 25.1 Å². The molecule has 2 heteroatoms. The summed E-state index contributed by atoms with van der Waals surface area (Å²) in [5.41, 5.74) is 3.27. The molecule has 0 aliphatic heterocycles. The summed E-state index contributed by atoms with van der Waals surface area (Å²) in [5, 5.41) is 10.9. The lowest BCUT2D eigenvalue weighted by Crippen LogP contribution is -2.25. The van der Waals surface area contributed by atoms with Crippen molar-refractivity contribution >= 4 is 0 Å². The van der Waals surface area contributed by atoms with Gasteiger partial charge in [-0.3, -0.25) is 0 Å². The fourth-order valence-electron chi connectivity index (χ4n) is 3.00. The quantitative estimate of drug-likeness (QED) is 0.871. The third-order valence-corrected chi connectivity index (χ3v) is 4.12. The van der Waals surface area contributed by atoms with Crippen molar-refractivity contribution in [2.45, 2.75) is 31.8 Å². The number of halogens is 1. The maximum absolute atomic E-state index is 13.4. The second-order valence-corrected chi connectivity index (χ2v) is 5.44. The van der Waals surface area contributed by atoms with E-state index in [9.17, 15) is 9.50 Å². The lowest BCUT2D eigenvalue weighted by Gasteiger charge is -2.25. The zero-order valence-corrected chi connectivity index (χ0v) is 11.0. The molecule has 19 heavy (non-hydrogen) atoms. The fraction of sp³-hybridized carbons (Fsp3) is 0.294. The molecular formula is C17H17FO. The first kappa shape index (κ1) is 12.4. The van der Waals surface area contributed by atoms with Crippen LogP contribution >= 0.6 is 0 Å². The predicted octanol–water partition coefficient (Wildman–Crippen LogP) is 3.51. The van der Waals surface area contributed by atoms with Crippen LogP contribution in [0.15, 0.2) is 42.5 Å². The first-order chi connectivity index (χ1) is 9.08. The average Bonchev–Trinajstić information content (AvgIpc) is 2.73. The summed E-state index contributed by atoms with van der Waals surface area (Å²) in [6, 6.07) is 12.8. The van der Waals surface area contributed by atoms with Crippen molar-refractivity contribution in [3.8, 4) is 0 Å². The molecule has 98 valence electrons. The summed E-state index contributed by atoms with van der Waals surface area (Å²) in [7, 11) is 0. The van der Waals surface area contributed by atoms with E-state index in [0.29, 0.717) is 12.8 Å². The van der Waals surface area contributed by atoms with Gasteiger partial charge in [0.1, 0.15) is 5.82 Å². The van der Waals surface area contributed by atoms with E-state index in [0.717, 1.165) is 23.1 Å². The maximum Gasteiger partial charge on any atom is 0.123 e. The summed E-state index contributed by atoms with van der Waals surface area (Å²) < 4.78 is 13.4. The second kappa shape index (κ2) is 4.46. The summed E-state index contributed by atoms with van der Waals surface area (Å²) in [6.07, 6.45) is 2.08. The van der Waals surface area contributed by atoms with Crippen LogP contribution in [0.1, 0.15) is 28.7 Å². The van der Waals surface area contributed by atoms with Crippen LogP contribution in [-0.4, -0.2) is 5.11 Å². The minimum absolute atomic E-state index is 0.240. The van der Waals surface area contributed by atoms with Gasteiger partial charge in [-0.2, -0.15) is 0 Å². The van der Waals surface area contributed by atoms with Gasteiger partial charge in [0, 0.05) is 6.42 Å². The number of fused-ring (bicyclic) bond motifs is 1. The zero-order valence-electron chi connectivity index (χ0n) is 11.0. The molecule has 0 radical (unpaired) electrons. The number of aryl methyl sites for hydroxylation is 2. The van der Waals surface area contributed by atoms with Gasteiger partial charge in [-0.15, -0.1) is 0 Å². The van der Waals surface area contributed by atoms with Crippen LogP contribution < -0.4 is 0 Å². The van der Waals surface area contributed by atoms with Crippen LogP contribution in [0.2, 0.25) is 0 Å². The Kier molecular flexibility index (Phi) is 2.90. The van der Waals surface area contributed by atoms with Crippen molar-refractivity contribution in [2.75, 3.05) is 0 Å². The van der Waals surface area contributed by atoms with Gasteiger partial charge in [-0.25, -0.2) is 4.39 Å². The Hall–Kier alpha value is -1.67. The first-order valence-electron chi connectivity index (χ1n) is 6.64. The fourth-order valence-corrected chi connectivity index (χ4v) is 3.00. The van der Waals surface area contributed by atoms with E-state index in [-0.39, 0.29) is 5.82 Å². The second-order valence-electron chi connectivity index (χ2n) is 5.44. The highest BCUT2D eigenvalue weighted by Crippen LogP contribution is 2.39. The molecule has 1 aliphatic rings. The standard InChI is InChI=1S/C17H17FO/c1-12-6-7-15(18)10-14(12)11-17(19)9-8-13-4-2-3-5-16(13)17/h2-7,10,19H,8-9,11H2,1H3. The number of hydrogen-bond acceptors (Lipinski definition) is 1.